The number of fused-ring (bicyclic) bond motifs is 1. The fraction of sp³-hybridized carbons (Fsp3) is 0.389. The summed E-state index contributed by atoms with van der Waals surface area (Å²) in [6.45, 7) is 6.02. The molecule has 0 amide bonds. The molecule has 2 fully saturated rings. The maximum atomic E-state index is 11.5. The topological polar surface area (TPSA) is 111 Å². The van der Waals surface area contributed by atoms with E-state index in [0.717, 1.165) is 47.7 Å². The number of hydrogen-bond acceptors (Lipinski definition) is 8. The molecule has 1 N–H and O–H groups in total. The number of oxazole rings is 1. The summed E-state index contributed by atoms with van der Waals surface area (Å²) in [5.74, 6) is -0.761. The number of aliphatic carboxylic acids is 1. The van der Waals surface area contributed by atoms with Gasteiger partial charge < -0.3 is 19.0 Å². The van der Waals surface area contributed by atoms with Gasteiger partial charge in [-0.25, -0.2) is 9.97 Å². The Bertz CT molecular complexity index is 1920. The summed E-state index contributed by atoms with van der Waals surface area (Å²) in [5, 5.41) is 21.2. The number of carbonyl (C=O) groups is 1. The molecule has 2 aromatic heterocycles. The van der Waals surface area contributed by atoms with Gasteiger partial charge in [-0.15, -0.1) is 0 Å². The van der Waals surface area contributed by atoms with E-state index >= 15 is 0 Å². The summed E-state index contributed by atoms with van der Waals surface area (Å²) in [5.41, 5.74) is 4.38. The molecule has 9 nitrogen and oxygen atoms in total. The molecule has 1 aliphatic carbocycles. The number of piperidine rings is 1. The smallest absolute Gasteiger partial charge is 0.307 e. The minimum Gasteiger partial charge on any atom is -0.481 e. The number of nitrogens with zero attached hydrogens (tertiary/aromatic N) is 6. The van der Waals surface area contributed by atoms with E-state index in [1.165, 1.54) is 0 Å². The van der Waals surface area contributed by atoms with Gasteiger partial charge >= 0.3 is 5.97 Å². The van der Waals surface area contributed by atoms with Gasteiger partial charge in [-0.05, 0) is 80.8 Å². The molecule has 242 valence electrons. The van der Waals surface area contributed by atoms with Crippen LogP contribution in [0.5, 0.6) is 0 Å². The third-order valence-electron chi connectivity index (χ3n) is 9.91. The second-order valence-electron chi connectivity index (χ2n) is 13.0. The predicted molar refractivity (Wildman–Crippen MR) is 183 cm³/mol. The van der Waals surface area contributed by atoms with Crippen LogP contribution in [0.1, 0.15) is 54.8 Å². The Morgan fingerprint density at radius 3 is 2.77 bits per heavy atom. The van der Waals surface area contributed by atoms with Crippen molar-refractivity contribution in [1.82, 2.24) is 24.3 Å². The highest BCUT2D eigenvalue weighted by molar-refractivity contribution is 8.00. The average molecular weight is 669 g/mol. The van der Waals surface area contributed by atoms with Crippen molar-refractivity contribution in [2.45, 2.75) is 48.5 Å². The Labute approximate surface area is 283 Å². The molecule has 2 aliphatic heterocycles. The van der Waals surface area contributed by atoms with E-state index in [0.29, 0.717) is 59.7 Å². The van der Waals surface area contributed by atoms with Gasteiger partial charge in [0.25, 0.3) is 0 Å². The maximum absolute atomic E-state index is 11.5. The van der Waals surface area contributed by atoms with E-state index in [9.17, 15) is 15.2 Å². The van der Waals surface area contributed by atoms with Gasteiger partial charge in [0.15, 0.2) is 5.58 Å². The molecule has 7 rings (SSSR count). The molecule has 3 aliphatic rings. The molecule has 0 bridgehead atoms. The van der Waals surface area contributed by atoms with E-state index < -0.39 is 10.7 Å². The number of rotatable bonds is 8. The van der Waals surface area contributed by atoms with Crippen molar-refractivity contribution in [3.05, 3.63) is 94.8 Å². The molecule has 47 heavy (non-hydrogen) atoms. The molecule has 0 spiro atoms. The Morgan fingerprint density at radius 1 is 1.21 bits per heavy atom. The largest absolute Gasteiger partial charge is 0.481 e. The third-order valence-corrected chi connectivity index (χ3v) is 11.7. The molecule has 4 heterocycles. The summed E-state index contributed by atoms with van der Waals surface area (Å²) < 4.78 is 8.05. The second-order valence-corrected chi connectivity index (χ2v) is 14.7. The lowest BCUT2D eigenvalue weighted by atomic mass is 9.79. The highest BCUT2D eigenvalue weighted by Gasteiger charge is 2.46. The van der Waals surface area contributed by atoms with Crippen LogP contribution in [0.25, 0.3) is 16.7 Å². The van der Waals surface area contributed by atoms with Crippen LogP contribution in [-0.2, 0) is 16.1 Å². The van der Waals surface area contributed by atoms with Crippen LogP contribution < -0.4 is 0 Å². The van der Waals surface area contributed by atoms with Crippen LogP contribution in [0, 0.1) is 23.2 Å². The lowest BCUT2D eigenvalue weighted by Crippen LogP contribution is -2.31. The Morgan fingerprint density at radius 2 is 2.02 bits per heavy atom. The zero-order valence-corrected chi connectivity index (χ0v) is 28.0. The third kappa shape index (κ3) is 6.14. The molecular weight excluding hydrogens is 632 g/mol. The number of carboxylic acids is 1. The monoisotopic (exact) mass is 668 g/mol. The zero-order chi connectivity index (χ0) is 32.7. The van der Waals surface area contributed by atoms with Gasteiger partial charge in [-0.3, -0.25) is 9.69 Å². The first-order valence-corrected chi connectivity index (χ1v) is 17.3. The van der Waals surface area contributed by atoms with Crippen molar-refractivity contribution >= 4 is 46.0 Å². The fourth-order valence-corrected chi connectivity index (χ4v) is 8.65. The molecular formula is C36H37ClN6O3S. The molecule has 2 unspecified atom stereocenters. The second kappa shape index (κ2) is 13.0. The number of halogens is 1. The van der Waals surface area contributed by atoms with Crippen molar-refractivity contribution in [2.24, 2.45) is 11.8 Å². The summed E-state index contributed by atoms with van der Waals surface area (Å²) in [6.07, 6.45) is 13.1. The van der Waals surface area contributed by atoms with Gasteiger partial charge in [0.2, 0.25) is 5.89 Å². The maximum Gasteiger partial charge on any atom is 0.307 e. The average Bonchev–Trinajstić information content (AvgIpc) is 3.83. The first kappa shape index (κ1) is 31.7. The van der Waals surface area contributed by atoms with Crippen LogP contribution >= 0.6 is 23.4 Å². The van der Waals surface area contributed by atoms with Gasteiger partial charge in [0.05, 0.1) is 17.8 Å². The molecule has 11 heteroatoms. The van der Waals surface area contributed by atoms with Crippen molar-refractivity contribution < 1.29 is 14.3 Å². The predicted octanol–water partition coefficient (Wildman–Crippen LogP) is 7.00. The van der Waals surface area contributed by atoms with Crippen molar-refractivity contribution in [3.63, 3.8) is 0 Å². The van der Waals surface area contributed by atoms with Crippen LogP contribution in [-0.4, -0.2) is 68.6 Å². The quantitative estimate of drug-likeness (QED) is 0.212. The summed E-state index contributed by atoms with van der Waals surface area (Å²) in [7, 11) is 2.16. The van der Waals surface area contributed by atoms with E-state index in [1.807, 2.05) is 48.8 Å². The Balaban J connectivity index is 1.27. The minimum absolute atomic E-state index is 0.124. The Kier molecular flexibility index (Phi) is 8.75. The first-order valence-electron chi connectivity index (χ1n) is 16.1. The number of nitriles is 1. The van der Waals surface area contributed by atoms with Crippen molar-refractivity contribution in [3.8, 4) is 6.07 Å². The number of allylic oxidation sites excluding steroid dienone is 3. The molecule has 2 saturated heterocycles. The van der Waals surface area contributed by atoms with Gasteiger partial charge in [0, 0.05) is 36.3 Å². The SMILES string of the molecule is CC1C(c2ccccc2Cl)=CC=CC1(Sc1cn(C2CCN(C)CC2)cn1)c1nc2cc(CN3CC[C@@H](C(=O)O)C3)cc(C#N)c2o1. The number of hydrogen-bond donors (Lipinski definition) is 1. The first-order chi connectivity index (χ1) is 22.7. The lowest BCUT2D eigenvalue weighted by molar-refractivity contribution is -0.141. The number of thioether (sulfide) groups is 1. The van der Waals surface area contributed by atoms with Crippen LogP contribution in [0.3, 0.4) is 0 Å². The molecule has 0 radical (unpaired) electrons. The molecule has 0 saturated carbocycles. The van der Waals surface area contributed by atoms with Gasteiger partial charge in [-0.2, -0.15) is 5.26 Å². The van der Waals surface area contributed by atoms with Gasteiger partial charge in [-0.1, -0.05) is 66.7 Å². The summed E-state index contributed by atoms with van der Waals surface area (Å²) in [4.78, 5) is 26.0. The number of imidazole rings is 1. The minimum atomic E-state index is -0.787. The van der Waals surface area contributed by atoms with Gasteiger partial charge in [0.1, 0.15) is 21.4 Å². The number of benzene rings is 2. The van der Waals surface area contributed by atoms with Crippen LogP contribution in [0.2, 0.25) is 5.02 Å². The summed E-state index contributed by atoms with van der Waals surface area (Å²) >= 11 is 8.35. The highest BCUT2D eigenvalue weighted by Crippen LogP contribution is 2.54. The number of likely N-dealkylation sites (tertiary alicyclic amines) is 2. The van der Waals surface area contributed by atoms with E-state index in [4.69, 9.17) is 26.0 Å². The van der Waals surface area contributed by atoms with E-state index in [2.05, 4.69) is 52.8 Å². The summed E-state index contributed by atoms with van der Waals surface area (Å²) in [6, 6.07) is 14.4. The van der Waals surface area contributed by atoms with Crippen LogP contribution in [0.15, 0.2) is 76.6 Å². The van der Waals surface area contributed by atoms with Crippen LogP contribution in [0.4, 0.5) is 0 Å². The van der Waals surface area contributed by atoms with Crippen molar-refractivity contribution in [1.29, 1.82) is 5.26 Å². The number of aromatic nitrogens is 3. The highest BCUT2D eigenvalue weighted by atomic mass is 35.5. The molecule has 2 aromatic carbocycles. The zero-order valence-electron chi connectivity index (χ0n) is 26.5. The normalized spacial score (nSPS) is 24.1. The standard InChI is InChI=1S/C36H37ClN6O3S/c1-23-28(29-6-3-4-8-30(29)37)7-5-12-36(23,47-32-21-43(22-39-32)27-10-13-41(2)14-11-27)35-40-31-17-24(16-26(18-38)33(31)46-35)19-42-15-9-25(20-42)34(44)45/h3-8,12,16-17,21-23,25,27H,9-11,13-15,19-20H2,1-2H3,(H,44,45)/t23?,25-,36?/m1/s1. The fourth-order valence-electron chi connectivity index (χ4n) is 7.16. The Hall–Kier alpha value is -3.88. The van der Waals surface area contributed by atoms with Crippen molar-refractivity contribution in [2.75, 3.05) is 33.2 Å². The lowest BCUT2D eigenvalue weighted by Gasteiger charge is -2.36. The van der Waals surface area contributed by atoms with E-state index in [1.54, 1.807) is 11.8 Å². The van der Waals surface area contributed by atoms with E-state index in [-0.39, 0.29) is 11.8 Å². The molecule has 3 atom stereocenters. The number of carboxylic acid groups (broad SMARTS) is 1. The molecule has 4 aromatic rings.